The van der Waals surface area contributed by atoms with Crippen molar-refractivity contribution in [2.45, 2.75) is 13.3 Å². The van der Waals surface area contributed by atoms with Gasteiger partial charge in [0, 0.05) is 5.56 Å². The zero-order valence-electron chi connectivity index (χ0n) is 13.2. The van der Waals surface area contributed by atoms with E-state index in [4.69, 9.17) is 9.47 Å². The number of hydrogen-bond donors (Lipinski definition) is 0. The SMILES string of the molecule is CCc1ccc(C2=CC(=Cc3ccc(OC)cc3)C(=O)O2)cc1. The van der Waals surface area contributed by atoms with E-state index in [-0.39, 0.29) is 5.97 Å². The molecule has 0 saturated carbocycles. The molecule has 23 heavy (non-hydrogen) atoms. The van der Waals surface area contributed by atoms with Crippen LogP contribution in [0.5, 0.6) is 5.75 Å². The van der Waals surface area contributed by atoms with Crippen molar-refractivity contribution in [3.05, 3.63) is 76.9 Å². The van der Waals surface area contributed by atoms with Crippen molar-refractivity contribution in [3.63, 3.8) is 0 Å². The summed E-state index contributed by atoms with van der Waals surface area (Å²) in [6.45, 7) is 2.11. The van der Waals surface area contributed by atoms with E-state index in [2.05, 4.69) is 19.1 Å². The van der Waals surface area contributed by atoms with Crippen LogP contribution in [0.25, 0.3) is 11.8 Å². The highest BCUT2D eigenvalue weighted by Crippen LogP contribution is 2.28. The summed E-state index contributed by atoms with van der Waals surface area (Å²) in [5.41, 5.74) is 3.64. The van der Waals surface area contributed by atoms with Gasteiger partial charge in [-0.3, -0.25) is 0 Å². The quantitative estimate of drug-likeness (QED) is 0.626. The van der Waals surface area contributed by atoms with Gasteiger partial charge in [0.15, 0.2) is 0 Å². The van der Waals surface area contributed by atoms with E-state index in [0.29, 0.717) is 11.3 Å². The topological polar surface area (TPSA) is 35.5 Å². The summed E-state index contributed by atoms with van der Waals surface area (Å²) in [6.07, 6.45) is 4.59. The third-order valence-electron chi connectivity index (χ3n) is 3.81. The van der Waals surface area contributed by atoms with Crippen LogP contribution >= 0.6 is 0 Å². The first-order valence-corrected chi connectivity index (χ1v) is 7.58. The largest absolute Gasteiger partial charge is 0.497 e. The van der Waals surface area contributed by atoms with Gasteiger partial charge in [-0.15, -0.1) is 0 Å². The highest BCUT2D eigenvalue weighted by atomic mass is 16.5. The minimum Gasteiger partial charge on any atom is -0.497 e. The standard InChI is InChI=1S/C20H18O3/c1-3-14-4-8-16(9-5-14)19-13-17(20(21)23-19)12-15-6-10-18(22-2)11-7-15/h4-13H,3H2,1-2H3. The average molecular weight is 306 g/mol. The minimum atomic E-state index is -0.324. The van der Waals surface area contributed by atoms with Crippen molar-refractivity contribution in [2.75, 3.05) is 7.11 Å². The molecule has 0 bridgehead atoms. The van der Waals surface area contributed by atoms with Crippen LogP contribution < -0.4 is 4.74 Å². The number of carbonyl (C=O) groups is 1. The predicted molar refractivity (Wildman–Crippen MR) is 90.9 cm³/mol. The molecule has 1 aliphatic heterocycles. The number of carbonyl (C=O) groups excluding carboxylic acids is 1. The molecule has 3 heteroatoms. The average Bonchev–Trinajstić information content (AvgIpc) is 2.96. The third-order valence-corrected chi connectivity index (χ3v) is 3.81. The summed E-state index contributed by atoms with van der Waals surface area (Å²) >= 11 is 0. The zero-order valence-corrected chi connectivity index (χ0v) is 13.2. The number of rotatable bonds is 4. The zero-order chi connectivity index (χ0) is 16.2. The van der Waals surface area contributed by atoms with Gasteiger partial charge in [0.1, 0.15) is 11.5 Å². The summed E-state index contributed by atoms with van der Waals surface area (Å²) in [5.74, 6) is 1.06. The van der Waals surface area contributed by atoms with Crippen molar-refractivity contribution < 1.29 is 14.3 Å². The van der Waals surface area contributed by atoms with Crippen LogP contribution in [0.4, 0.5) is 0 Å². The number of hydrogen-bond acceptors (Lipinski definition) is 3. The Balaban J connectivity index is 1.86. The fourth-order valence-electron chi connectivity index (χ4n) is 2.42. The van der Waals surface area contributed by atoms with Crippen molar-refractivity contribution in [1.29, 1.82) is 0 Å². The molecule has 0 radical (unpaired) electrons. The Labute approximate surface area is 135 Å². The van der Waals surface area contributed by atoms with E-state index in [0.717, 1.165) is 23.3 Å². The number of aryl methyl sites for hydroxylation is 1. The molecule has 0 atom stereocenters. The lowest BCUT2D eigenvalue weighted by Gasteiger charge is -2.02. The second kappa shape index (κ2) is 6.53. The Morgan fingerprint density at radius 2 is 1.74 bits per heavy atom. The fraction of sp³-hybridized carbons (Fsp3) is 0.150. The van der Waals surface area contributed by atoms with E-state index < -0.39 is 0 Å². The first-order valence-electron chi connectivity index (χ1n) is 7.58. The van der Waals surface area contributed by atoms with Crippen molar-refractivity contribution in [1.82, 2.24) is 0 Å². The number of methoxy groups -OCH3 is 1. The van der Waals surface area contributed by atoms with Crippen molar-refractivity contribution >= 4 is 17.8 Å². The van der Waals surface area contributed by atoms with Gasteiger partial charge < -0.3 is 9.47 Å². The Morgan fingerprint density at radius 3 is 2.35 bits per heavy atom. The third kappa shape index (κ3) is 3.34. The van der Waals surface area contributed by atoms with E-state index in [1.807, 2.05) is 42.5 Å². The van der Waals surface area contributed by atoms with E-state index in [1.54, 1.807) is 13.2 Å². The first kappa shape index (κ1) is 15.1. The Kier molecular flexibility index (Phi) is 4.29. The number of ether oxygens (including phenoxy) is 2. The Bertz CT molecular complexity index is 766. The maximum Gasteiger partial charge on any atom is 0.343 e. The molecule has 0 aliphatic carbocycles. The lowest BCUT2D eigenvalue weighted by molar-refractivity contribution is -0.130. The Morgan fingerprint density at radius 1 is 1.04 bits per heavy atom. The van der Waals surface area contributed by atoms with E-state index >= 15 is 0 Å². The molecule has 2 aromatic carbocycles. The second-order valence-electron chi connectivity index (χ2n) is 5.32. The second-order valence-corrected chi connectivity index (χ2v) is 5.32. The van der Waals surface area contributed by atoms with Gasteiger partial charge in [0.05, 0.1) is 12.7 Å². The molecule has 0 spiro atoms. The summed E-state index contributed by atoms with van der Waals surface area (Å²) in [5, 5.41) is 0. The predicted octanol–water partition coefficient (Wildman–Crippen LogP) is 4.24. The molecule has 3 nitrogen and oxygen atoms in total. The van der Waals surface area contributed by atoms with Crippen LogP contribution in [0, 0.1) is 0 Å². The fourth-order valence-corrected chi connectivity index (χ4v) is 2.42. The summed E-state index contributed by atoms with van der Waals surface area (Å²) in [7, 11) is 1.63. The van der Waals surface area contributed by atoms with Crippen LogP contribution in [0.1, 0.15) is 23.6 Å². The highest BCUT2D eigenvalue weighted by molar-refractivity contribution is 6.05. The normalized spacial score (nSPS) is 15.5. The lowest BCUT2D eigenvalue weighted by atomic mass is 10.1. The minimum absolute atomic E-state index is 0.324. The van der Waals surface area contributed by atoms with Gasteiger partial charge in [-0.05, 0) is 41.8 Å². The van der Waals surface area contributed by atoms with Gasteiger partial charge >= 0.3 is 5.97 Å². The highest BCUT2D eigenvalue weighted by Gasteiger charge is 2.21. The molecule has 0 saturated heterocycles. The molecule has 0 N–H and O–H groups in total. The van der Waals surface area contributed by atoms with Gasteiger partial charge in [0.25, 0.3) is 0 Å². The van der Waals surface area contributed by atoms with Crippen molar-refractivity contribution in [3.8, 4) is 5.75 Å². The first-order chi connectivity index (χ1) is 11.2. The van der Waals surface area contributed by atoms with Gasteiger partial charge in [0.2, 0.25) is 0 Å². The summed E-state index contributed by atoms with van der Waals surface area (Å²) in [4.78, 5) is 12.0. The molecule has 116 valence electrons. The molecule has 3 rings (SSSR count). The summed E-state index contributed by atoms with van der Waals surface area (Å²) < 4.78 is 10.5. The maximum absolute atomic E-state index is 12.0. The molecule has 0 aromatic heterocycles. The molecule has 0 unspecified atom stereocenters. The smallest absolute Gasteiger partial charge is 0.343 e. The van der Waals surface area contributed by atoms with Crippen LogP contribution in [-0.2, 0) is 16.0 Å². The number of cyclic esters (lactones) is 1. The summed E-state index contributed by atoms with van der Waals surface area (Å²) in [6, 6.07) is 15.6. The van der Waals surface area contributed by atoms with Gasteiger partial charge in [-0.2, -0.15) is 0 Å². The monoisotopic (exact) mass is 306 g/mol. The Hall–Kier alpha value is -2.81. The van der Waals surface area contributed by atoms with Crippen LogP contribution in [0.3, 0.4) is 0 Å². The van der Waals surface area contributed by atoms with E-state index in [1.165, 1.54) is 5.56 Å². The maximum atomic E-state index is 12.0. The van der Waals surface area contributed by atoms with Crippen LogP contribution in [0.15, 0.2) is 60.2 Å². The molecule has 1 aliphatic rings. The molecular formula is C20H18O3. The van der Waals surface area contributed by atoms with Gasteiger partial charge in [-0.1, -0.05) is 43.3 Å². The number of esters is 1. The molecule has 1 heterocycles. The molecular weight excluding hydrogens is 288 g/mol. The lowest BCUT2D eigenvalue weighted by Crippen LogP contribution is -1.97. The number of benzene rings is 2. The van der Waals surface area contributed by atoms with Crippen molar-refractivity contribution in [2.24, 2.45) is 0 Å². The molecule has 0 fully saturated rings. The van der Waals surface area contributed by atoms with E-state index in [9.17, 15) is 4.79 Å². The van der Waals surface area contributed by atoms with Crippen LogP contribution in [0.2, 0.25) is 0 Å². The molecule has 2 aromatic rings. The molecule has 0 amide bonds. The van der Waals surface area contributed by atoms with Crippen LogP contribution in [-0.4, -0.2) is 13.1 Å². The van der Waals surface area contributed by atoms with Gasteiger partial charge in [-0.25, -0.2) is 4.79 Å².